The van der Waals surface area contributed by atoms with E-state index in [-0.39, 0.29) is 11.9 Å². The highest BCUT2D eigenvalue weighted by molar-refractivity contribution is 5.18. The molecule has 0 aliphatic carbocycles. The van der Waals surface area contributed by atoms with Gasteiger partial charge in [-0.15, -0.1) is 0 Å². The number of aromatic nitrogens is 1. The van der Waals surface area contributed by atoms with Gasteiger partial charge in [-0.3, -0.25) is 16.3 Å². The van der Waals surface area contributed by atoms with E-state index in [4.69, 9.17) is 5.84 Å². The zero-order valence-corrected chi connectivity index (χ0v) is 10.6. The molecule has 1 aromatic heterocycles. The summed E-state index contributed by atoms with van der Waals surface area (Å²) in [6, 6.07) is 1.58. The van der Waals surface area contributed by atoms with Crippen LogP contribution in [0, 0.1) is 11.7 Å². The maximum atomic E-state index is 13.7. The van der Waals surface area contributed by atoms with Gasteiger partial charge in [-0.25, -0.2) is 4.39 Å². The van der Waals surface area contributed by atoms with Gasteiger partial charge >= 0.3 is 0 Å². The normalized spacial score (nSPS) is 13.0. The molecule has 1 aromatic rings. The van der Waals surface area contributed by atoms with Gasteiger partial charge in [0.25, 0.3) is 0 Å². The number of pyridine rings is 1. The highest BCUT2D eigenvalue weighted by atomic mass is 19.1. The van der Waals surface area contributed by atoms with Crippen LogP contribution in [-0.2, 0) is 0 Å². The first kappa shape index (κ1) is 14.1. The summed E-state index contributed by atoms with van der Waals surface area (Å²) in [7, 11) is 0. The Morgan fingerprint density at radius 2 is 2.00 bits per heavy atom. The summed E-state index contributed by atoms with van der Waals surface area (Å²) in [5.41, 5.74) is 3.38. The van der Waals surface area contributed by atoms with E-state index in [2.05, 4.69) is 24.3 Å². The zero-order valence-electron chi connectivity index (χ0n) is 10.6. The Kier molecular flexibility index (Phi) is 6.08. The van der Waals surface area contributed by atoms with Crippen LogP contribution in [-0.4, -0.2) is 4.98 Å². The van der Waals surface area contributed by atoms with Crippen molar-refractivity contribution in [2.45, 2.75) is 45.6 Å². The molecule has 0 radical (unpaired) electrons. The minimum atomic E-state index is -0.285. The number of nitrogens with one attached hydrogen (secondary N) is 1. The van der Waals surface area contributed by atoms with E-state index >= 15 is 0 Å². The minimum Gasteiger partial charge on any atom is -0.271 e. The number of nitrogens with two attached hydrogens (primary N) is 1. The predicted molar refractivity (Wildman–Crippen MR) is 67.6 cm³/mol. The van der Waals surface area contributed by atoms with Crippen molar-refractivity contribution in [1.82, 2.24) is 10.4 Å². The van der Waals surface area contributed by atoms with Crippen molar-refractivity contribution >= 4 is 0 Å². The first-order chi connectivity index (χ1) is 8.24. The first-order valence-electron chi connectivity index (χ1n) is 6.30. The monoisotopic (exact) mass is 239 g/mol. The van der Waals surface area contributed by atoms with E-state index in [9.17, 15) is 4.39 Å². The zero-order chi connectivity index (χ0) is 12.7. The second-order valence-electron chi connectivity index (χ2n) is 4.38. The molecular weight excluding hydrogens is 217 g/mol. The highest BCUT2D eigenvalue weighted by Gasteiger charge is 2.23. The Morgan fingerprint density at radius 3 is 2.47 bits per heavy atom. The van der Waals surface area contributed by atoms with Crippen molar-refractivity contribution in [2.75, 3.05) is 0 Å². The Hall–Kier alpha value is -1.00. The maximum Gasteiger partial charge on any atom is 0.146 e. The highest BCUT2D eigenvalue weighted by Crippen LogP contribution is 2.30. The molecule has 1 unspecified atom stereocenters. The van der Waals surface area contributed by atoms with Gasteiger partial charge in [0, 0.05) is 11.8 Å². The molecule has 0 fully saturated rings. The minimum absolute atomic E-state index is 0.127. The number of hydrogen-bond acceptors (Lipinski definition) is 3. The summed E-state index contributed by atoms with van der Waals surface area (Å²) in [6.07, 6.45) is 7.10. The van der Waals surface area contributed by atoms with E-state index in [1.807, 2.05) is 0 Å². The van der Waals surface area contributed by atoms with Crippen molar-refractivity contribution < 1.29 is 4.39 Å². The van der Waals surface area contributed by atoms with Crippen LogP contribution in [0.1, 0.15) is 51.1 Å². The van der Waals surface area contributed by atoms with E-state index in [1.54, 1.807) is 12.3 Å². The molecule has 0 aliphatic rings. The molecule has 0 saturated heterocycles. The molecule has 1 rings (SSSR count). The van der Waals surface area contributed by atoms with Gasteiger partial charge in [0.05, 0.1) is 12.2 Å². The molecule has 0 aliphatic heterocycles. The van der Waals surface area contributed by atoms with Crippen molar-refractivity contribution in [3.05, 3.63) is 29.8 Å². The van der Waals surface area contributed by atoms with Crippen molar-refractivity contribution in [2.24, 2.45) is 11.8 Å². The van der Waals surface area contributed by atoms with Crippen LogP contribution < -0.4 is 11.3 Å². The van der Waals surface area contributed by atoms with E-state index < -0.39 is 0 Å². The standard InChI is InChI=1S/C13H22FN3/c1-3-5-10(6-4-2)13(17-15)11-7-8-16-9-12(11)14/h7-10,13,17H,3-6,15H2,1-2H3. The SMILES string of the molecule is CCCC(CCC)C(NN)c1ccncc1F. The van der Waals surface area contributed by atoms with E-state index in [1.165, 1.54) is 6.20 Å². The lowest BCUT2D eigenvalue weighted by atomic mass is 9.86. The molecule has 17 heavy (non-hydrogen) atoms. The van der Waals surface area contributed by atoms with Crippen LogP contribution in [0.15, 0.2) is 18.5 Å². The quantitative estimate of drug-likeness (QED) is 0.568. The smallest absolute Gasteiger partial charge is 0.146 e. The fourth-order valence-corrected chi connectivity index (χ4v) is 2.34. The van der Waals surface area contributed by atoms with Gasteiger partial charge in [-0.1, -0.05) is 26.7 Å². The van der Waals surface area contributed by atoms with Gasteiger partial charge in [0.2, 0.25) is 0 Å². The van der Waals surface area contributed by atoms with Crippen molar-refractivity contribution in [3.63, 3.8) is 0 Å². The van der Waals surface area contributed by atoms with Crippen molar-refractivity contribution in [3.8, 4) is 0 Å². The van der Waals surface area contributed by atoms with Crippen LogP contribution in [0.25, 0.3) is 0 Å². The fourth-order valence-electron chi connectivity index (χ4n) is 2.34. The summed E-state index contributed by atoms with van der Waals surface area (Å²) in [5, 5.41) is 0. The van der Waals surface area contributed by atoms with Gasteiger partial charge in [-0.2, -0.15) is 0 Å². The summed E-state index contributed by atoms with van der Waals surface area (Å²) >= 11 is 0. The molecule has 1 atom stereocenters. The van der Waals surface area contributed by atoms with Gasteiger partial charge < -0.3 is 0 Å². The van der Waals surface area contributed by atoms with Crippen LogP contribution in [0.2, 0.25) is 0 Å². The molecule has 1 heterocycles. The predicted octanol–water partition coefficient (Wildman–Crippen LogP) is 2.94. The van der Waals surface area contributed by atoms with Gasteiger partial charge in [0.1, 0.15) is 5.82 Å². The van der Waals surface area contributed by atoms with Gasteiger partial charge in [-0.05, 0) is 24.8 Å². The largest absolute Gasteiger partial charge is 0.271 e. The Labute approximate surface area is 103 Å². The molecule has 0 amide bonds. The molecule has 3 N–H and O–H groups in total. The molecular formula is C13H22FN3. The van der Waals surface area contributed by atoms with Crippen LogP contribution in [0.3, 0.4) is 0 Å². The maximum absolute atomic E-state index is 13.7. The third kappa shape index (κ3) is 3.75. The van der Waals surface area contributed by atoms with E-state index in [0.29, 0.717) is 11.5 Å². The average Bonchev–Trinajstić information content (AvgIpc) is 2.33. The molecule has 0 saturated carbocycles. The Bertz CT molecular complexity index is 324. The first-order valence-corrected chi connectivity index (χ1v) is 6.30. The van der Waals surface area contributed by atoms with Gasteiger partial charge in [0.15, 0.2) is 0 Å². The Balaban J connectivity index is 2.91. The number of hydrogen-bond donors (Lipinski definition) is 2. The average molecular weight is 239 g/mol. The molecule has 3 nitrogen and oxygen atoms in total. The second-order valence-corrected chi connectivity index (χ2v) is 4.38. The van der Waals surface area contributed by atoms with Crippen LogP contribution >= 0.6 is 0 Å². The fraction of sp³-hybridized carbons (Fsp3) is 0.615. The third-order valence-corrected chi connectivity index (χ3v) is 3.11. The summed E-state index contributed by atoms with van der Waals surface area (Å²) in [5.74, 6) is 5.68. The lowest BCUT2D eigenvalue weighted by Crippen LogP contribution is -2.34. The summed E-state index contributed by atoms with van der Waals surface area (Å²) in [6.45, 7) is 4.28. The Morgan fingerprint density at radius 1 is 1.35 bits per heavy atom. The molecule has 96 valence electrons. The summed E-state index contributed by atoms with van der Waals surface area (Å²) < 4.78 is 13.7. The molecule has 0 bridgehead atoms. The van der Waals surface area contributed by atoms with E-state index in [0.717, 1.165) is 25.7 Å². The lowest BCUT2D eigenvalue weighted by Gasteiger charge is -2.26. The number of rotatable bonds is 7. The number of halogens is 1. The summed E-state index contributed by atoms with van der Waals surface area (Å²) in [4.78, 5) is 3.77. The van der Waals surface area contributed by atoms with Crippen LogP contribution in [0.5, 0.6) is 0 Å². The van der Waals surface area contributed by atoms with Crippen LogP contribution in [0.4, 0.5) is 4.39 Å². The number of nitrogens with zero attached hydrogens (tertiary/aromatic N) is 1. The van der Waals surface area contributed by atoms with Crippen molar-refractivity contribution in [1.29, 1.82) is 0 Å². The molecule has 0 spiro atoms. The number of hydrazine groups is 1. The molecule has 0 aromatic carbocycles. The molecule has 4 heteroatoms. The topological polar surface area (TPSA) is 50.9 Å². The lowest BCUT2D eigenvalue weighted by molar-refractivity contribution is 0.311. The third-order valence-electron chi connectivity index (χ3n) is 3.11. The second kappa shape index (κ2) is 7.35.